The zero-order chi connectivity index (χ0) is 18.4. The van der Waals surface area contributed by atoms with Gasteiger partial charge < -0.3 is 21.8 Å². The monoisotopic (exact) mass is 355 g/mol. The highest BCUT2D eigenvalue weighted by atomic mass is 15.0. The van der Waals surface area contributed by atoms with Crippen LogP contribution in [0, 0.1) is 0 Å². The lowest BCUT2D eigenvalue weighted by Gasteiger charge is -2.09. The van der Waals surface area contributed by atoms with Gasteiger partial charge in [-0.25, -0.2) is 4.98 Å². The molecule has 134 valence electrons. The number of hydrogen-bond donors (Lipinski definition) is 4. The Morgan fingerprint density at radius 2 is 1.78 bits per heavy atom. The second-order valence-electron chi connectivity index (χ2n) is 6.89. The molecule has 0 saturated heterocycles. The van der Waals surface area contributed by atoms with E-state index in [9.17, 15) is 0 Å². The molecule has 0 bridgehead atoms. The van der Waals surface area contributed by atoms with E-state index in [0.29, 0.717) is 6.54 Å². The third-order valence-electron chi connectivity index (χ3n) is 5.13. The lowest BCUT2D eigenvalue weighted by Crippen LogP contribution is -2.09. The molecule has 0 radical (unpaired) electrons. The van der Waals surface area contributed by atoms with Gasteiger partial charge >= 0.3 is 0 Å². The molecule has 5 rings (SSSR count). The van der Waals surface area contributed by atoms with Crippen molar-refractivity contribution in [1.82, 2.24) is 9.97 Å². The molecule has 0 fully saturated rings. The van der Waals surface area contributed by atoms with Crippen LogP contribution in [0.5, 0.6) is 0 Å². The van der Waals surface area contributed by atoms with Gasteiger partial charge in [-0.2, -0.15) is 0 Å². The lowest BCUT2D eigenvalue weighted by atomic mass is 10.0. The van der Waals surface area contributed by atoms with Gasteiger partial charge in [-0.3, -0.25) is 0 Å². The molecule has 0 atom stereocenters. The van der Waals surface area contributed by atoms with E-state index in [1.165, 1.54) is 0 Å². The van der Waals surface area contributed by atoms with Crippen molar-refractivity contribution in [3.8, 4) is 0 Å². The Morgan fingerprint density at radius 3 is 2.67 bits per heavy atom. The number of nitrogens with two attached hydrogens (primary N) is 2. The van der Waals surface area contributed by atoms with Gasteiger partial charge in [0.15, 0.2) is 0 Å². The average Bonchev–Trinajstić information content (AvgIpc) is 3.08. The van der Waals surface area contributed by atoms with Crippen LogP contribution < -0.4 is 16.8 Å². The summed E-state index contributed by atoms with van der Waals surface area (Å²) in [6.07, 6.45) is 0.903. The second-order valence-corrected chi connectivity index (χ2v) is 6.89. The van der Waals surface area contributed by atoms with E-state index >= 15 is 0 Å². The number of nitrogen functional groups attached to an aromatic ring is 1. The number of pyridine rings is 1. The van der Waals surface area contributed by atoms with Crippen molar-refractivity contribution in [3.63, 3.8) is 0 Å². The molecular weight excluding hydrogens is 334 g/mol. The van der Waals surface area contributed by atoms with Crippen LogP contribution in [0.15, 0.2) is 54.6 Å². The molecule has 5 heteroatoms. The molecule has 0 aliphatic carbocycles. The van der Waals surface area contributed by atoms with Crippen molar-refractivity contribution in [2.45, 2.75) is 6.42 Å². The van der Waals surface area contributed by atoms with Crippen molar-refractivity contribution >= 4 is 55.0 Å². The molecule has 5 nitrogen and oxygen atoms in total. The third-order valence-corrected chi connectivity index (χ3v) is 5.13. The predicted octanol–water partition coefficient (Wildman–Crippen LogP) is 4.37. The van der Waals surface area contributed by atoms with E-state index in [-0.39, 0.29) is 0 Å². The summed E-state index contributed by atoms with van der Waals surface area (Å²) in [5.41, 5.74) is 15.6. The first kappa shape index (κ1) is 15.9. The summed E-state index contributed by atoms with van der Waals surface area (Å²) in [5, 5.41) is 9.18. The van der Waals surface area contributed by atoms with Crippen molar-refractivity contribution < 1.29 is 0 Å². The highest BCUT2D eigenvalue weighted by molar-refractivity contribution is 6.24. The smallest absolute Gasteiger partial charge is 0.136 e. The summed E-state index contributed by atoms with van der Waals surface area (Å²) in [4.78, 5) is 8.57. The van der Waals surface area contributed by atoms with Gasteiger partial charge in [0.25, 0.3) is 0 Å². The van der Waals surface area contributed by atoms with Crippen LogP contribution in [0.3, 0.4) is 0 Å². The van der Waals surface area contributed by atoms with Crippen molar-refractivity contribution in [1.29, 1.82) is 0 Å². The number of nitrogens with zero attached hydrogens (tertiary/aromatic N) is 1. The number of nitrogens with one attached hydrogen (secondary N) is 2. The Morgan fingerprint density at radius 1 is 0.926 bits per heavy atom. The van der Waals surface area contributed by atoms with Gasteiger partial charge in [-0.1, -0.05) is 36.4 Å². The molecule has 5 aromatic rings. The zero-order valence-corrected chi connectivity index (χ0v) is 14.9. The molecule has 3 aromatic carbocycles. The van der Waals surface area contributed by atoms with Gasteiger partial charge in [0, 0.05) is 28.4 Å². The molecule has 0 aliphatic rings. The number of benzene rings is 3. The molecule has 0 amide bonds. The number of H-pyrrole nitrogens is 1. The van der Waals surface area contributed by atoms with Gasteiger partial charge in [0.1, 0.15) is 5.82 Å². The summed E-state index contributed by atoms with van der Waals surface area (Å²) in [6.45, 7) is 1.46. The first-order chi connectivity index (χ1) is 13.3. The van der Waals surface area contributed by atoms with E-state index in [0.717, 1.165) is 68.0 Å². The Kier molecular flexibility index (Phi) is 3.62. The van der Waals surface area contributed by atoms with Crippen LogP contribution in [0.25, 0.3) is 43.5 Å². The van der Waals surface area contributed by atoms with E-state index in [4.69, 9.17) is 16.5 Å². The molecule has 2 aromatic heterocycles. The van der Waals surface area contributed by atoms with Gasteiger partial charge in [-0.15, -0.1) is 0 Å². The molecule has 27 heavy (non-hydrogen) atoms. The van der Waals surface area contributed by atoms with Gasteiger partial charge in [-0.05, 0) is 36.6 Å². The second kappa shape index (κ2) is 6.14. The Bertz CT molecular complexity index is 1300. The summed E-state index contributed by atoms with van der Waals surface area (Å²) in [6, 6.07) is 18.6. The maximum Gasteiger partial charge on any atom is 0.136 e. The van der Waals surface area contributed by atoms with Crippen molar-refractivity contribution in [2.24, 2.45) is 5.73 Å². The Labute approximate surface area is 156 Å². The zero-order valence-electron chi connectivity index (χ0n) is 14.9. The summed E-state index contributed by atoms with van der Waals surface area (Å²) < 4.78 is 0. The number of fused-ring (bicyclic) bond motifs is 7. The summed E-state index contributed by atoms with van der Waals surface area (Å²) >= 11 is 0. The number of anilines is 2. The molecule has 2 heterocycles. The number of hydrogen-bond acceptors (Lipinski definition) is 4. The first-order valence-corrected chi connectivity index (χ1v) is 9.22. The fourth-order valence-electron chi connectivity index (χ4n) is 3.86. The van der Waals surface area contributed by atoms with Crippen LogP contribution in [0.1, 0.15) is 6.42 Å². The van der Waals surface area contributed by atoms with Gasteiger partial charge in [0.2, 0.25) is 0 Å². The number of aromatic amines is 1. The highest BCUT2D eigenvalue weighted by Crippen LogP contribution is 2.38. The highest BCUT2D eigenvalue weighted by Gasteiger charge is 2.15. The largest absolute Gasteiger partial charge is 0.399 e. The standard InChI is InChI=1S/C22H21N5/c23-10-3-11-25-22-19-17-8-6-13-12-14(24)7-9-15(13)20(17)27-21(19)16-4-1-2-5-18(16)26-22/h1-2,4-9,12,27H,3,10-11,23-24H2,(H,25,26). The lowest BCUT2D eigenvalue weighted by molar-refractivity contribution is 0.872. The molecule has 0 unspecified atom stereocenters. The molecular formula is C22H21N5. The number of para-hydroxylation sites is 1. The quantitative estimate of drug-likeness (QED) is 0.285. The average molecular weight is 355 g/mol. The fourth-order valence-corrected chi connectivity index (χ4v) is 3.86. The van der Waals surface area contributed by atoms with E-state index in [1.807, 2.05) is 24.3 Å². The number of aromatic nitrogens is 2. The fraction of sp³-hybridized carbons (Fsp3) is 0.136. The van der Waals surface area contributed by atoms with Crippen LogP contribution in [0.4, 0.5) is 11.5 Å². The minimum absolute atomic E-state index is 0.656. The third kappa shape index (κ3) is 2.47. The molecule has 0 aliphatic heterocycles. The minimum Gasteiger partial charge on any atom is -0.399 e. The van der Waals surface area contributed by atoms with E-state index in [1.54, 1.807) is 0 Å². The van der Waals surface area contributed by atoms with Gasteiger partial charge in [0.05, 0.1) is 21.9 Å². The maximum atomic E-state index is 5.97. The van der Waals surface area contributed by atoms with Crippen molar-refractivity contribution in [2.75, 3.05) is 24.1 Å². The number of rotatable bonds is 4. The SMILES string of the molecule is NCCCNc1nc2ccccc2c2[nH]c3c4ccc(N)cc4ccc3c12. The Hall–Kier alpha value is -3.31. The van der Waals surface area contributed by atoms with Crippen LogP contribution in [-0.4, -0.2) is 23.1 Å². The maximum absolute atomic E-state index is 5.97. The minimum atomic E-state index is 0.656. The topological polar surface area (TPSA) is 92.7 Å². The molecule has 0 saturated carbocycles. The van der Waals surface area contributed by atoms with Crippen LogP contribution >= 0.6 is 0 Å². The molecule has 0 spiro atoms. The molecule has 6 N–H and O–H groups in total. The first-order valence-electron chi connectivity index (χ1n) is 9.22. The Balaban J connectivity index is 1.89. The van der Waals surface area contributed by atoms with E-state index in [2.05, 4.69) is 40.6 Å². The van der Waals surface area contributed by atoms with Crippen molar-refractivity contribution in [3.05, 3.63) is 54.6 Å². The van der Waals surface area contributed by atoms with E-state index < -0.39 is 0 Å². The normalized spacial score (nSPS) is 11.7. The summed E-state index contributed by atoms with van der Waals surface area (Å²) in [7, 11) is 0. The predicted molar refractivity (Wildman–Crippen MR) is 115 cm³/mol. The van der Waals surface area contributed by atoms with Crippen LogP contribution in [0.2, 0.25) is 0 Å². The van der Waals surface area contributed by atoms with Crippen LogP contribution in [-0.2, 0) is 0 Å². The summed E-state index contributed by atoms with van der Waals surface area (Å²) in [5.74, 6) is 0.901.